The highest BCUT2D eigenvalue weighted by Crippen LogP contribution is 2.26. The molecule has 1 aliphatic rings. The quantitative estimate of drug-likeness (QED) is 0.325. The second-order valence-corrected chi connectivity index (χ2v) is 7.76. The number of aryl methyl sites for hydroxylation is 1. The van der Waals surface area contributed by atoms with Crippen LogP contribution in [0, 0.1) is 0 Å². The van der Waals surface area contributed by atoms with Crippen LogP contribution in [0.5, 0.6) is 5.75 Å². The van der Waals surface area contributed by atoms with Crippen LogP contribution >= 0.6 is 23.8 Å². The molecular weight excluding hydrogens is 418 g/mol. The van der Waals surface area contributed by atoms with Crippen molar-refractivity contribution < 1.29 is 9.53 Å². The van der Waals surface area contributed by atoms with Gasteiger partial charge in [-0.15, -0.1) is 0 Å². The van der Waals surface area contributed by atoms with Crippen LogP contribution in [0.4, 0.5) is 0 Å². The van der Waals surface area contributed by atoms with E-state index >= 15 is 0 Å². The number of thiocarbonyl (C=S) groups is 1. The van der Waals surface area contributed by atoms with Crippen LogP contribution in [0.25, 0.3) is 17.0 Å². The van der Waals surface area contributed by atoms with Crippen molar-refractivity contribution in [3.63, 3.8) is 0 Å². The minimum Gasteiger partial charge on any atom is -0.492 e. The Labute approximate surface area is 185 Å². The molecule has 1 aliphatic heterocycles. The van der Waals surface area contributed by atoms with E-state index in [1.54, 1.807) is 4.90 Å². The standard InChI is InChI=1S/C23H22ClN3O2S/c1-2-27-22(28)19(25-23(27)30)14-16-15-26(20-10-5-3-8-17(16)20)12-7-13-29-21-11-6-4-9-18(21)24/h3-6,8-11,14-15H,2,7,12-13H2,1H3,(H,25,30). The third-order valence-corrected chi connectivity index (χ3v) is 5.67. The molecule has 0 spiro atoms. The van der Waals surface area contributed by atoms with Gasteiger partial charge in [-0.05, 0) is 49.8 Å². The van der Waals surface area contributed by atoms with Gasteiger partial charge in [-0.2, -0.15) is 0 Å². The molecule has 7 heteroatoms. The number of hydrogen-bond acceptors (Lipinski definition) is 3. The first-order valence-electron chi connectivity index (χ1n) is 9.88. The molecule has 0 bridgehead atoms. The van der Waals surface area contributed by atoms with Gasteiger partial charge in [0, 0.05) is 35.8 Å². The number of hydrogen-bond donors (Lipinski definition) is 1. The minimum atomic E-state index is -0.0903. The van der Waals surface area contributed by atoms with E-state index in [9.17, 15) is 4.79 Å². The van der Waals surface area contributed by atoms with Crippen LogP contribution in [0.1, 0.15) is 18.9 Å². The monoisotopic (exact) mass is 439 g/mol. The Morgan fingerprint density at radius 2 is 1.93 bits per heavy atom. The molecular formula is C23H22ClN3O2S. The summed E-state index contributed by atoms with van der Waals surface area (Å²) in [5.74, 6) is 0.608. The lowest BCUT2D eigenvalue weighted by Crippen LogP contribution is -2.30. The van der Waals surface area contributed by atoms with Gasteiger partial charge in [-0.25, -0.2) is 0 Å². The molecule has 0 radical (unpaired) electrons. The summed E-state index contributed by atoms with van der Waals surface area (Å²) in [6, 6.07) is 15.6. The Morgan fingerprint density at radius 3 is 2.70 bits per heavy atom. The van der Waals surface area contributed by atoms with Crippen LogP contribution in [-0.4, -0.2) is 33.6 Å². The number of amides is 1. The number of nitrogens with one attached hydrogen (secondary N) is 1. The third-order valence-electron chi connectivity index (χ3n) is 5.04. The molecule has 154 valence electrons. The number of likely N-dealkylation sites (N-methyl/N-ethyl adjacent to an activating group) is 1. The Morgan fingerprint density at radius 1 is 1.17 bits per heavy atom. The SMILES string of the molecule is CCN1C(=O)C(=Cc2cn(CCCOc3ccccc3Cl)c3ccccc23)NC1=S. The van der Waals surface area contributed by atoms with Crippen LogP contribution in [0.3, 0.4) is 0 Å². The Bertz CT molecular complexity index is 1140. The molecule has 0 unspecified atom stereocenters. The van der Waals surface area contributed by atoms with E-state index in [2.05, 4.69) is 28.2 Å². The summed E-state index contributed by atoms with van der Waals surface area (Å²) in [5, 5.41) is 5.19. The average Bonchev–Trinajstić information content (AvgIpc) is 3.23. The number of halogens is 1. The zero-order chi connectivity index (χ0) is 21.1. The summed E-state index contributed by atoms with van der Waals surface area (Å²) in [6.45, 7) is 3.81. The van der Waals surface area contributed by atoms with Crippen LogP contribution in [0.2, 0.25) is 5.02 Å². The molecule has 1 fully saturated rings. The van der Waals surface area contributed by atoms with Crippen molar-refractivity contribution in [1.82, 2.24) is 14.8 Å². The topological polar surface area (TPSA) is 46.5 Å². The first-order valence-corrected chi connectivity index (χ1v) is 10.7. The number of carbonyl (C=O) groups is 1. The molecule has 1 saturated heterocycles. The van der Waals surface area contributed by atoms with E-state index in [-0.39, 0.29) is 5.91 Å². The molecule has 1 N–H and O–H groups in total. The Hall–Kier alpha value is -2.83. The van der Waals surface area contributed by atoms with Crippen molar-refractivity contribution >= 4 is 51.8 Å². The molecule has 4 rings (SSSR count). The number of rotatable bonds is 7. The second-order valence-electron chi connectivity index (χ2n) is 6.96. The van der Waals surface area contributed by atoms with Crippen LogP contribution in [0.15, 0.2) is 60.4 Å². The van der Waals surface area contributed by atoms with Crippen molar-refractivity contribution in [3.05, 3.63) is 71.0 Å². The summed E-state index contributed by atoms with van der Waals surface area (Å²) in [6.07, 6.45) is 4.77. The predicted molar refractivity (Wildman–Crippen MR) is 125 cm³/mol. The lowest BCUT2D eigenvalue weighted by atomic mass is 10.1. The molecule has 1 amide bonds. The maximum atomic E-state index is 12.5. The van der Waals surface area contributed by atoms with Gasteiger partial charge in [-0.3, -0.25) is 9.69 Å². The molecule has 0 aliphatic carbocycles. The number of nitrogens with zero attached hydrogens (tertiary/aromatic N) is 2. The maximum Gasteiger partial charge on any atom is 0.276 e. The number of carbonyl (C=O) groups excluding carboxylic acids is 1. The van der Waals surface area contributed by atoms with Crippen molar-refractivity contribution in [3.8, 4) is 5.75 Å². The number of aromatic nitrogens is 1. The van der Waals surface area contributed by atoms with E-state index in [4.69, 9.17) is 28.6 Å². The smallest absolute Gasteiger partial charge is 0.276 e. The number of ether oxygens (including phenoxy) is 1. The highest BCUT2D eigenvalue weighted by Gasteiger charge is 2.29. The van der Waals surface area contributed by atoms with E-state index in [1.807, 2.05) is 49.4 Å². The lowest BCUT2D eigenvalue weighted by Gasteiger charge is -2.09. The molecule has 0 saturated carbocycles. The molecule has 0 atom stereocenters. The molecule has 3 aromatic rings. The van der Waals surface area contributed by atoms with Crippen molar-refractivity contribution in [2.45, 2.75) is 19.9 Å². The summed E-state index contributed by atoms with van der Waals surface area (Å²) in [5.41, 5.74) is 2.60. The first-order chi connectivity index (χ1) is 14.6. The number of fused-ring (bicyclic) bond motifs is 1. The fourth-order valence-electron chi connectivity index (χ4n) is 3.57. The van der Waals surface area contributed by atoms with E-state index in [0.717, 1.165) is 29.4 Å². The van der Waals surface area contributed by atoms with Gasteiger partial charge in [-0.1, -0.05) is 41.9 Å². The van der Waals surface area contributed by atoms with Crippen molar-refractivity contribution in [2.24, 2.45) is 0 Å². The van der Waals surface area contributed by atoms with Gasteiger partial charge in [0.25, 0.3) is 5.91 Å². The molecule has 1 aromatic heterocycles. The summed E-state index contributed by atoms with van der Waals surface area (Å²) >= 11 is 11.4. The van der Waals surface area contributed by atoms with Gasteiger partial charge in [0.1, 0.15) is 11.4 Å². The molecule has 5 nitrogen and oxygen atoms in total. The van der Waals surface area contributed by atoms with E-state index in [0.29, 0.717) is 34.7 Å². The fourth-order valence-corrected chi connectivity index (χ4v) is 4.08. The minimum absolute atomic E-state index is 0.0903. The van der Waals surface area contributed by atoms with Crippen LogP contribution in [-0.2, 0) is 11.3 Å². The van der Waals surface area contributed by atoms with Gasteiger partial charge in [0.05, 0.1) is 11.6 Å². The van der Waals surface area contributed by atoms with E-state index < -0.39 is 0 Å². The normalized spacial score (nSPS) is 15.3. The number of para-hydroxylation sites is 2. The van der Waals surface area contributed by atoms with Crippen molar-refractivity contribution in [1.29, 1.82) is 0 Å². The van der Waals surface area contributed by atoms with E-state index in [1.165, 1.54) is 0 Å². The number of benzene rings is 2. The molecule has 30 heavy (non-hydrogen) atoms. The van der Waals surface area contributed by atoms with Gasteiger partial charge in [0.15, 0.2) is 5.11 Å². The molecule has 2 aromatic carbocycles. The Balaban J connectivity index is 1.51. The highest BCUT2D eigenvalue weighted by molar-refractivity contribution is 7.80. The first kappa shape index (κ1) is 20.4. The highest BCUT2D eigenvalue weighted by atomic mass is 35.5. The summed E-state index contributed by atoms with van der Waals surface area (Å²) in [7, 11) is 0. The van der Waals surface area contributed by atoms with Crippen LogP contribution < -0.4 is 10.1 Å². The Kier molecular flexibility index (Phi) is 6.06. The predicted octanol–water partition coefficient (Wildman–Crippen LogP) is 4.84. The average molecular weight is 440 g/mol. The lowest BCUT2D eigenvalue weighted by molar-refractivity contribution is -0.122. The summed E-state index contributed by atoms with van der Waals surface area (Å²) < 4.78 is 7.99. The summed E-state index contributed by atoms with van der Waals surface area (Å²) in [4.78, 5) is 14.1. The van der Waals surface area contributed by atoms with Gasteiger partial charge in [0.2, 0.25) is 0 Å². The zero-order valence-electron chi connectivity index (χ0n) is 16.6. The zero-order valence-corrected chi connectivity index (χ0v) is 18.2. The van der Waals surface area contributed by atoms with Crippen molar-refractivity contribution in [2.75, 3.05) is 13.2 Å². The third kappa shape index (κ3) is 4.06. The molecule has 2 heterocycles. The largest absolute Gasteiger partial charge is 0.492 e. The fraction of sp³-hybridized carbons (Fsp3) is 0.217. The van der Waals surface area contributed by atoms with Gasteiger partial charge >= 0.3 is 0 Å². The maximum absolute atomic E-state index is 12.5. The van der Waals surface area contributed by atoms with Gasteiger partial charge < -0.3 is 14.6 Å². The second kappa shape index (κ2) is 8.90.